The minimum atomic E-state index is -1.46. The number of rotatable bonds is 8. The monoisotopic (exact) mass is 263 g/mol. The fourth-order valence-corrected chi connectivity index (χ4v) is 1.87. The number of methoxy groups -OCH3 is 1. The van der Waals surface area contributed by atoms with E-state index in [4.69, 9.17) is 15.6 Å². The third kappa shape index (κ3) is 4.89. The van der Waals surface area contributed by atoms with Crippen LogP contribution in [0.5, 0.6) is 0 Å². The summed E-state index contributed by atoms with van der Waals surface area (Å²) in [5.74, 6) is -1.26. The van der Waals surface area contributed by atoms with Crippen molar-refractivity contribution in [3.8, 4) is 0 Å². The molecule has 18 heavy (non-hydrogen) atoms. The fourth-order valence-electron chi connectivity index (χ4n) is 1.87. The molecule has 0 amide bonds. The van der Waals surface area contributed by atoms with E-state index in [0.29, 0.717) is 6.42 Å². The molecule has 0 aliphatic carbocycles. The molecule has 0 heterocycles. The van der Waals surface area contributed by atoms with Gasteiger partial charge in [0.25, 0.3) is 0 Å². The summed E-state index contributed by atoms with van der Waals surface area (Å²) in [7, 11) is 1.28. The van der Waals surface area contributed by atoms with Gasteiger partial charge in [0, 0.05) is 19.6 Å². The van der Waals surface area contributed by atoms with Gasteiger partial charge in [0.1, 0.15) is 0 Å². The van der Waals surface area contributed by atoms with E-state index in [1.807, 2.05) is 6.92 Å². The molecule has 0 aliphatic heterocycles. The number of nitrogens with two attached hydrogens (primary N) is 1. The second kappa shape index (κ2) is 7.04. The van der Waals surface area contributed by atoms with E-state index in [2.05, 4.69) is 0 Å². The Hall–Kier alpha value is -0.690. The van der Waals surface area contributed by atoms with Crippen LogP contribution in [0, 0.1) is 5.92 Å². The average molecular weight is 263 g/mol. The van der Waals surface area contributed by atoms with Crippen molar-refractivity contribution in [3.05, 3.63) is 0 Å². The second-order valence-electron chi connectivity index (χ2n) is 5.15. The normalized spacial score (nSPS) is 21.7. The summed E-state index contributed by atoms with van der Waals surface area (Å²) in [4.78, 5) is 11.0. The topological polar surface area (TPSA) is 113 Å². The van der Waals surface area contributed by atoms with Gasteiger partial charge in [-0.3, -0.25) is 0 Å². The van der Waals surface area contributed by atoms with Crippen LogP contribution in [0.1, 0.15) is 33.6 Å². The van der Waals surface area contributed by atoms with Crippen LogP contribution in [0.2, 0.25) is 0 Å². The third-order valence-corrected chi connectivity index (χ3v) is 3.32. The molecule has 0 saturated carbocycles. The maximum atomic E-state index is 11.0. The molecule has 5 N–H and O–H groups in total. The van der Waals surface area contributed by atoms with Gasteiger partial charge in [-0.15, -0.1) is 0 Å². The van der Waals surface area contributed by atoms with Crippen molar-refractivity contribution in [3.63, 3.8) is 0 Å². The van der Waals surface area contributed by atoms with Crippen molar-refractivity contribution < 1.29 is 24.9 Å². The predicted octanol–water partition coefficient (Wildman–Crippen LogP) is -0.0386. The maximum Gasteiger partial charge on any atom is 0.335 e. The predicted molar refractivity (Wildman–Crippen MR) is 67.1 cm³/mol. The quantitative estimate of drug-likeness (QED) is 0.489. The lowest BCUT2D eigenvalue weighted by atomic mass is 9.87. The van der Waals surface area contributed by atoms with Crippen LogP contribution < -0.4 is 5.73 Å². The number of carbonyl (C=O) groups is 1. The molecule has 2 unspecified atom stereocenters. The van der Waals surface area contributed by atoms with Crippen LogP contribution in [0.25, 0.3) is 0 Å². The van der Waals surface area contributed by atoms with Gasteiger partial charge in [-0.1, -0.05) is 6.92 Å². The van der Waals surface area contributed by atoms with Crippen LogP contribution in [0.4, 0.5) is 0 Å². The van der Waals surface area contributed by atoms with Gasteiger partial charge >= 0.3 is 5.97 Å². The molecule has 0 radical (unpaired) electrons. The van der Waals surface area contributed by atoms with E-state index >= 15 is 0 Å². The fraction of sp³-hybridized carbons (Fsp3) is 0.917. The standard InChI is InChI=1S/C12H25NO5/c1-7(5-8(2)14)10(13)9(15)6-12(3,18-4)11(16)17/h7-10,14-15H,5-6,13H2,1-4H3,(H,16,17)/t7?,8-,9+,10?,12+/m1/s1. The molecule has 0 aromatic rings. The molecule has 0 spiro atoms. The van der Waals surface area contributed by atoms with E-state index in [-0.39, 0.29) is 12.3 Å². The Kier molecular flexibility index (Phi) is 6.77. The zero-order chi connectivity index (χ0) is 14.5. The summed E-state index contributed by atoms with van der Waals surface area (Å²) in [6.45, 7) is 4.85. The van der Waals surface area contributed by atoms with Crippen molar-refractivity contribution in [2.45, 2.75) is 57.5 Å². The first kappa shape index (κ1) is 17.3. The highest BCUT2D eigenvalue weighted by molar-refractivity contribution is 5.76. The zero-order valence-electron chi connectivity index (χ0n) is 11.5. The summed E-state index contributed by atoms with van der Waals surface area (Å²) in [5, 5.41) is 28.3. The first-order valence-electron chi connectivity index (χ1n) is 6.04. The SMILES string of the molecule is CO[C@@](C)(C[C@H](O)C(N)C(C)C[C@@H](C)O)C(=O)O. The summed E-state index contributed by atoms with van der Waals surface area (Å²) in [6.07, 6.45) is -1.15. The van der Waals surface area contributed by atoms with Crippen LogP contribution >= 0.6 is 0 Å². The highest BCUT2D eigenvalue weighted by atomic mass is 16.5. The van der Waals surface area contributed by atoms with Crippen LogP contribution in [-0.2, 0) is 9.53 Å². The number of ether oxygens (including phenoxy) is 1. The van der Waals surface area contributed by atoms with E-state index in [1.165, 1.54) is 14.0 Å². The van der Waals surface area contributed by atoms with Gasteiger partial charge in [-0.25, -0.2) is 4.79 Å². The van der Waals surface area contributed by atoms with Crippen molar-refractivity contribution in [1.29, 1.82) is 0 Å². The molecule has 0 fully saturated rings. The molecular weight excluding hydrogens is 238 g/mol. The first-order chi connectivity index (χ1) is 8.14. The molecular formula is C12H25NO5. The van der Waals surface area contributed by atoms with E-state index < -0.39 is 29.8 Å². The van der Waals surface area contributed by atoms with Crippen molar-refractivity contribution in [1.82, 2.24) is 0 Å². The zero-order valence-corrected chi connectivity index (χ0v) is 11.5. The summed E-state index contributed by atoms with van der Waals surface area (Å²) >= 11 is 0. The van der Waals surface area contributed by atoms with Gasteiger partial charge in [0.05, 0.1) is 12.2 Å². The molecule has 0 bridgehead atoms. The largest absolute Gasteiger partial charge is 0.479 e. The third-order valence-electron chi connectivity index (χ3n) is 3.32. The number of carboxylic acid groups (broad SMARTS) is 1. The number of carboxylic acids is 1. The molecule has 5 atom stereocenters. The van der Waals surface area contributed by atoms with Crippen LogP contribution in [0.3, 0.4) is 0 Å². The second-order valence-corrected chi connectivity index (χ2v) is 5.15. The van der Waals surface area contributed by atoms with Gasteiger partial charge < -0.3 is 25.8 Å². The smallest absolute Gasteiger partial charge is 0.335 e. The first-order valence-corrected chi connectivity index (χ1v) is 6.04. The molecule has 6 nitrogen and oxygen atoms in total. The van der Waals surface area contributed by atoms with Gasteiger partial charge in [-0.2, -0.15) is 0 Å². The Labute approximate surface area is 108 Å². The minimum Gasteiger partial charge on any atom is -0.479 e. The minimum absolute atomic E-state index is 0.0931. The molecule has 0 aliphatic rings. The summed E-state index contributed by atoms with van der Waals surface area (Å²) in [5.41, 5.74) is 4.40. The lowest BCUT2D eigenvalue weighted by Crippen LogP contribution is -2.48. The molecule has 0 aromatic heterocycles. The Morgan fingerprint density at radius 3 is 2.22 bits per heavy atom. The van der Waals surface area contributed by atoms with Gasteiger partial charge in [-0.05, 0) is 26.2 Å². The number of aliphatic hydroxyl groups excluding tert-OH is 2. The number of hydrogen-bond donors (Lipinski definition) is 4. The molecule has 108 valence electrons. The van der Waals surface area contributed by atoms with Crippen molar-refractivity contribution in [2.24, 2.45) is 11.7 Å². The Bertz CT molecular complexity index is 271. The van der Waals surface area contributed by atoms with Crippen LogP contribution in [-0.4, -0.2) is 52.2 Å². The summed E-state index contributed by atoms with van der Waals surface area (Å²) in [6, 6.07) is -0.603. The maximum absolute atomic E-state index is 11.0. The molecule has 0 rings (SSSR count). The highest BCUT2D eigenvalue weighted by Crippen LogP contribution is 2.22. The van der Waals surface area contributed by atoms with Crippen molar-refractivity contribution >= 4 is 5.97 Å². The lowest BCUT2D eigenvalue weighted by Gasteiger charge is -2.31. The molecule has 6 heteroatoms. The number of hydrogen-bond acceptors (Lipinski definition) is 5. The lowest BCUT2D eigenvalue weighted by molar-refractivity contribution is -0.164. The van der Waals surface area contributed by atoms with Crippen LogP contribution in [0.15, 0.2) is 0 Å². The Morgan fingerprint density at radius 1 is 1.39 bits per heavy atom. The average Bonchev–Trinajstić information content (AvgIpc) is 2.26. The Balaban J connectivity index is 4.55. The number of aliphatic carboxylic acids is 1. The molecule has 0 aromatic carbocycles. The Morgan fingerprint density at radius 2 is 1.89 bits per heavy atom. The van der Waals surface area contributed by atoms with E-state index in [9.17, 15) is 15.0 Å². The highest BCUT2D eigenvalue weighted by Gasteiger charge is 2.38. The summed E-state index contributed by atoms with van der Waals surface area (Å²) < 4.78 is 4.92. The number of aliphatic hydroxyl groups is 2. The molecule has 0 saturated heterocycles. The van der Waals surface area contributed by atoms with E-state index in [1.54, 1.807) is 6.92 Å². The van der Waals surface area contributed by atoms with E-state index in [0.717, 1.165) is 0 Å². The van der Waals surface area contributed by atoms with Gasteiger partial charge in [0.2, 0.25) is 0 Å². The van der Waals surface area contributed by atoms with Crippen molar-refractivity contribution in [2.75, 3.05) is 7.11 Å². The van der Waals surface area contributed by atoms with Gasteiger partial charge in [0.15, 0.2) is 5.60 Å².